The summed E-state index contributed by atoms with van der Waals surface area (Å²) in [5.74, 6) is 0.775. The van der Waals surface area contributed by atoms with Crippen LogP contribution < -0.4 is 14.8 Å². The van der Waals surface area contributed by atoms with Crippen molar-refractivity contribution in [1.82, 2.24) is 4.98 Å². The molecule has 3 aromatic rings. The number of hydrogen-bond acceptors (Lipinski definition) is 7. The van der Waals surface area contributed by atoms with Crippen molar-refractivity contribution in [2.75, 3.05) is 18.7 Å². The zero-order chi connectivity index (χ0) is 20.9. The maximum absolute atomic E-state index is 12.5. The second-order valence-electron chi connectivity index (χ2n) is 6.52. The standard InChI is InChI=1S/C22H20N2O5S/c1-2-27-21(26)20-19(15-6-4-3-5-7-15)24-22(30-20)23-18(25)11-9-14-8-10-16-17(12-14)29-13-28-16/h3-8,10,12H,2,9,11,13H2,1H3,(H,23,24,25). The fraction of sp³-hybridized carbons (Fsp3) is 0.227. The quantitative estimate of drug-likeness (QED) is 0.570. The summed E-state index contributed by atoms with van der Waals surface area (Å²) in [6, 6.07) is 15.0. The molecule has 0 bridgehead atoms. The molecule has 0 atom stereocenters. The third-order valence-electron chi connectivity index (χ3n) is 4.46. The van der Waals surface area contributed by atoms with Crippen molar-refractivity contribution in [2.24, 2.45) is 0 Å². The van der Waals surface area contributed by atoms with Crippen molar-refractivity contribution in [3.05, 3.63) is 59.0 Å². The van der Waals surface area contributed by atoms with Crippen molar-refractivity contribution in [3.63, 3.8) is 0 Å². The normalized spacial score (nSPS) is 11.9. The molecule has 30 heavy (non-hydrogen) atoms. The molecule has 1 N–H and O–H groups in total. The van der Waals surface area contributed by atoms with E-state index in [0.29, 0.717) is 33.6 Å². The van der Waals surface area contributed by atoms with Gasteiger partial charge in [-0.15, -0.1) is 0 Å². The van der Waals surface area contributed by atoms with E-state index in [1.54, 1.807) is 6.92 Å². The van der Waals surface area contributed by atoms with Gasteiger partial charge in [0.05, 0.1) is 12.3 Å². The number of carbonyl (C=O) groups is 2. The van der Waals surface area contributed by atoms with Crippen LogP contribution in [-0.2, 0) is 16.0 Å². The molecule has 0 saturated carbocycles. The highest BCUT2D eigenvalue weighted by molar-refractivity contribution is 7.18. The van der Waals surface area contributed by atoms with E-state index in [-0.39, 0.29) is 25.7 Å². The Morgan fingerprint density at radius 2 is 1.93 bits per heavy atom. The Hall–Kier alpha value is -3.39. The molecule has 1 aromatic heterocycles. The molecule has 154 valence electrons. The minimum absolute atomic E-state index is 0.184. The number of thiazole rings is 1. The average molecular weight is 424 g/mol. The SMILES string of the molecule is CCOC(=O)c1sc(NC(=O)CCc2ccc3c(c2)OCO3)nc1-c1ccccc1. The first-order valence-electron chi connectivity index (χ1n) is 9.56. The first kappa shape index (κ1) is 19.9. The van der Waals surface area contributed by atoms with Crippen molar-refractivity contribution >= 4 is 28.3 Å². The van der Waals surface area contributed by atoms with Gasteiger partial charge in [-0.25, -0.2) is 9.78 Å². The monoisotopic (exact) mass is 424 g/mol. The van der Waals surface area contributed by atoms with E-state index in [2.05, 4.69) is 10.3 Å². The third-order valence-corrected chi connectivity index (χ3v) is 5.41. The second kappa shape index (κ2) is 8.96. The van der Waals surface area contributed by atoms with Gasteiger partial charge in [0.2, 0.25) is 12.7 Å². The molecule has 1 aliphatic rings. The number of ether oxygens (including phenoxy) is 3. The molecule has 2 aromatic carbocycles. The van der Waals surface area contributed by atoms with Crippen LogP contribution in [0.2, 0.25) is 0 Å². The molecule has 4 rings (SSSR count). The minimum Gasteiger partial charge on any atom is -0.462 e. The van der Waals surface area contributed by atoms with Crippen LogP contribution in [0.1, 0.15) is 28.6 Å². The predicted molar refractivity (Wildman–Crippen MR) is 113 cm³/mol. The maximum atomic E-state index is 12.5. The summed E-state index contributed by atoms with van der Waals surface area (Å²) < 4.78 is 15.8. The summed E-state index contributed by atoms with van der Waals surface area (Å²) in [6.07, 6.45) is 0.818. The summed E-state index contributed by atoms with van der Waals surface area (Å²) >= 11 is 1.11. The lowest BCUT2D eigenvalue weighted by Crippen LogP contribution is -2.12. The van der Waals surface area contributed by atoms with Crippen molar-refractivity contribution in [1.29, 1.82) is 0 Å². The summed E-state index contributed by atoms with van der Waals surface area (Å²) in [6.45, 7) is 2.23. The largest absolute Gasteiger partial charge is 0.462 e. The number of hydrogen-bond donors (Lipinski definition) is 1. The number of nitrogens with zero attached hydrogens (tertiary/aromatic N) is 1. The second-order valence-corrected chi connectivity index (χ2v) is 7.52. The number of nitrogens with one attached hydrogen (secondary N) is 1. The van der Waals surface area contributed by atoms with E-state index >= 15 is 0 Å². The number of amides is 1. The van der Waals surface area contributed by atoms with E-state index in [1.807, 2.05) is 48.5 Å². The number of esters is 1. The summed E-state index contributed by atoms with van der Waals surface area (Å²) in [4.78, 5) is 29.7. The fourth-order valence-electron chi connectivity index (χ4n) is 3.04. The van der Waals surface area contributed by atoms with Gasteiger partial charge in [-0.2, -0.15) is 0 Å². The molecule has 0 unspecified atom stereocenters. The number of carbonyl (C=O) groups excluding carboxylic acids is 2. The number of benzene rings is 2. The van der Waals surface area contributed by atoms with Crippen LogP contribution in [0, 0.1) is 0 Å². The Morgan fingerprint density at radius 3 is 2.73 bits per heavy atom. The molecule has 1 aliphatic heterocycles. The van der Waals surface area contributed by atoms with Crippen molar-refractivity contribution in [2.45, 2.75) is 19.8 Å². The zero-order valence-corrected chi connectivity index (χ0v) is 17.2. The Labute approximate surface area is 177 Å². The Balaban J connectivity index is 1.45. The van der Waals surface area contributed by atoms with Gasteiger partial charge in [-0.1, -0.05) is 47.7 Å². The Morgan fingerprint density at radius 1 is 1.13 bits per heavy atom. The lowest BCUT2D eigenvalue weighted by Gasteiger charge is -2.03. The van der Waals surface area contributed by atoms with E-state index in [1.165, 1.54) is 0 Å². The molecule has 8 heteroatoms. The average Bonchev–Trinajstić information content (AvgIpc) is 3.39. The number of fused-ring (bicyclic) bond motifs is 1. The van der Waals surface area contributed by atoms with Crippen LogP contribution in [0.15, 0.2) is 48.5 Å². The molecule has 1 amide bonds. The minimum atomic E-state index is -0.449. The highest BCUT2D eigenvalue weighted by atomic mass is 32.1. The van der Waals surface area contributed by atoms with E-state index in [4.69, 9.17) is 14.2 Å². The van der Waals surface area contributed by atoms with Gasteiger partial charge in [-0.3, -0.25) is 4.79 Å². The molecule has 0 saturated heterocycles. The Bertz CT molecular complexity index is 1060. The highest BCUT2D eigenvalue weighted by Crippen LogP contribution is 2.33. The van der Waals surface area contributed by atoms with Crippen molar-refractivity contribution in [3.8, 4) is 22.8 Å². The van der Waals surface area contributed by atoms with E-state index in [0.717, 1.165) is 22.5 Å². The van der Waals surface area contributed by atoms with Gasteiger partial charge in [0.25, 0.3) is 0 Å². The third kappa shape index (κ3) is 4.44. The molecule has 0 radical (unpaired) electrons. The van der Waals surface area contributed by atoms with Gasteiger partial charge >= 0.3 is 5.97 Å². The summed E-state index contributed by atoms with van der Waals surface area (Å²) in [5.41, 5.74) is 2.27. The zero-order valence-electron chi connectivity index (χ0n) is 16.3. The topological polar surface area (TPSA) is 86.8 Å². The van der Waals surface area contributed by atoms with Gasteiger partial charge in [0, 0.05) is 12.0 Å². The highest BCUT2D eigenvalue weighted by Gasteiger charge is 2.21. The smallest absolute Gasteiger partial charge is 0.350 e. The van der Waals surface area contributed by atoms with Crippen LogP contribution >= 0.6 is 11.3 Å². The van der Waals surface area contributed by atoms with Crippen LogP contribution in [0.5, 0.6) is 11.5 Å². The number of anilines is 1. The lowest BCUT2D eigenvalue weighted by atomic mass is 10.1. The van der Waals surface area contributed by atoms with E-state index in [9.17, 15) is 9.59 Å². The number of aromatic nitrogens is 1. The maximum Gasteiger partial charge on any atom is 0.350 e. The fourth-order valence-corrected chi connectivity index (χ4v) is 3.93. The summed E-state index contributed by atoms with van der Waals surface area (Å²) in [7, 11) is 0. The van der Waals surface area contributed by atoms with Gasteiger partial charge in [0.1, 0.15) is 4.88 Å². The Kier molecular flexibility index (Phi) is 5.94. The molecular weight excluding hydrogens is 404 g/mol. The van der Waals surface area contributed by atoms with Gasteiger partial charge < -0.3 is 19.5 Å². The first-order chi connectivity index (χ1) is 14.6. The molecule has 0 aliphatic carbocycles. The van der Waals surface area contributed by atoms with Crippen LogP contribution in [0.4, 0.5) is 5.13 Å². The molecule has 0 spiro atoms. The van der Waals surface area contributed by atoms with Crippen LogP contribution in [0.25, 0.3) is 11.3 Å². The number of aryl methyl sites for hydroxylation is 1. The molecule has 2 heterocycles. The first-order valence-corrected chi connectivity index (χ1v) is 10.4. The molecular formula is C22H20N2O5S. The summed E-state index contributed by atoms with van der Waals surface area (Å²) in [5, 5.41) is 3.16. The molecule has 0 fully saturated rings. The van der Waals surface area contributed by atoms with Crippen molar-refractivity contribution < 1.29 is 23.8 Å². The predicted octanol–water partition coefficient (Wildman–Crippen LogP) is 4.29. The number of rotatable bonds is 7. The van der Waals surface area contributed by atoms with Crippen LogP contribution in [-0.4, -0.2) is 30.3 Å². The lowest BCUT2D eigenvalue weighted by molar-refractivity contribution is -0.116. The van der Waals surface area contributed by atoms with E-state index < -0.39 is 5.97 Å². The van der Waals surface area contributed by atoms with Crippen LogP contribution in [0.3, 0.4) is 0 Å². The van der Waals surface area contributed by atoms with Gasteiger partial charge in [0.15, 0.2) is 16.6 Å². The molecule has 7 nitrogen and oxygen atoms in total. The van der Waals surface area contributed by atoms with Gasteiger partial charge in [-0.05, 0) is 31.0 Å².